The van der Waals surface area contributed by atoms with Gasteiger partial charge in [-0.05, 0) is 38.7 Å². The highest BCUT2D eigenvalue weighted by atomic mass is 31.1. The molecule has 0 aromatic heterocycles. The number of benzene rings is 2. The van der Waals surface area contributed by atoms with E-state index in [-0.39, 0.29) is 18.2 Å². The summed E-state index contributed by atoms with van der Waals surface area (Å²) in [5, 5.41) is 2.10. The number of rotatable bonds is 3. The van der Waals surface area contributed by atoms with Crippen molar-refractivity contribution >= 4 is 13.2 Å². The highest BCUT2D eigenvalue weighted by Gasteiger charge is 2.36. The molecule has 0 N–H and O–H groups in total. The van der Waals surface area contributed by atoms with E-state index in [0.29, 0.717) is 0 Å². The average Bonchev–Trinajstić information content (AvgIpc) is 2.45. The van der Waals surface area contributed by atoms with Crippen molar-refractivity contribution in [1.29, 1.82) is 0 Å². The maximum absolute atomic E-state index is 2.39. The van der Waals surface area contributed by atoms with Crippen LogP contribution in [0.4, 0.5) is 0 Å². The van der Waals surface area contributed by atoms with E-state index in [1.165, 1.54) is 22.0 Å². The Bertz CT molecular complexity index is 625. The van der Waals surface area contributed by atoms with Crippen molar-refractivity contribution in [2.45, 2.75) is 65.2 Å². The summed E-state index contributed by atoms with van der Waals surface area (Å²) in [5.74, 6) is 0. The lowest BCUT2D eigenvalue weighted by Crippen LogP contribution is -2.31. The van der Waals surface area contributed by atoms with Crippen molar-refractivity contribution < 1.29 is 0 Å². The molecule has 0 atom stereocenters. The minimum Gasteiger partial charge on any atom is -0.0636 e. The zero-order valence-electron chi connectivity index (χ0n) is 15.8. The van der Waals surface area contributed by atoms with Gasteiger partial charge in [-0.25, -0.2) is 0 Å². The fourth-order valence-corrected chi connectivity index (χ4v) is 7.70. The van der Waals surface area contributed by atoms with Crippen molar-refractivity contribution in [3.63, 3.8) is 0 Å². The van der Waals surface area contributed by atoms with Crippen molar-refractivity contribution in [2.24, 2.45) is 0 Å². The molecule has 0 radical (unpaired) electrons. The largest absolute Gasteiger partial charge is 0.0636 e. The van der Waals surface area contributed by atoms with Gasteiger partial charge in [0.05, 0.1) is 0 Å². The van der Waals surface area contributed by atoms with Gasteiger partial charge in [-0.2, -0.15) is 0 Å². The van der Waals surface area contributed by atoms with Gasteiger partial charge in [0.25, 0.3) is 0 Å². The summed E-state index contributed by atoms with van der Waals surface area (Å²) in [5.41, 5.74) is 4.16. The van der Waals surface area contributed by atoms with Crippen LogP contribution in [0.1, 0.15) is 54.0 Å². The Morgan fingerprint density at radius 3 is 1.74 bits per heavy atom. The lowest BCUT2D eigenvalue weighted by molar-refractivity contribution is 0.715. The maximum atomic E-state index is 2.39. The standard InChI is InChI=1S/C22H31P/c1-8-17-13-15-18(16-14-17)19-11-9-10-12-20(19)23(21(2,3)4)22(5,6)7/h9-16H,8H2,1-7H3. The van der Waals surface area contributed by atoms with Crippen LogP contribution in [0.15, 0.2) is 48.5 Å². The highest BCUT2D eigenvalue weighted by molar-refractivity contribution is 7.68. The van der Waals surface area contributed by atoms with Gasteiger partial charge in [0.1, 0.15) is 0 Å². The second-order valence-corrected chi connectivity index (χ2v) is 12.1. The van der Waals surface area contributed by atoms with Crippen LogP contribution in [-0.2, 0) is 6.42 Å². The summed E-state index contributed by atoms with van der Waals surface area (Å²) in [7, 11) is -0.294. The molecule has 23 heavy (non-hydrogen) atoms. The Labute approximate surface area is 144 Å². The van der Waals surface area contributed by atoms with Crippen molar-refractivity contribution in [2.75, 3.05) is 0 Å². The number of hydrogen-bond acceptors (Lipinski definition) is 0. The van der Waals surface area contributed by atoms with Crippen LogP contribution in [0.2, 0.25) is 0 Å². The van der Waals surface area contributed by atoms with E-state index in [1.807, 2.05) is 0 Å². The molecule has 1 heteroatoms. The normalized spacial score (nSPS) is 12.7. The minimum absolute atomic E-state index is 0.285. The van der Waals surface area contributed by atoms with Gasteiger partial charge in [-0.3, -0.25) is 0 Å². The molecular formula is C22H31P. The monoisotopic (exact) mass is 326 g/mol. The molecule has 0 fully saturated rings. The van der Waals surface area contributed by atoms with Crippen LogP contribution in [0.5, 0.6) is 0 Å². The molecule has 0 nitrogen and oxygen atoms in total. The van der Waals surface area contributed by atoms with E-state index >= 15 is 0 Å². The fourth-order valence-electron chi connectivity index (χ4n) is 3.56. The summed E-state index contributed by atoms with van der Waals surface area (Å²) in [6, 6.07) is 18.1. The maximum Gasteiger partial charge on any atom is -0.0107 e. The molecule has 2 aromatic rings. The van der Waals surface area contributed by atoms with E-state index in [0.717, 1.165) is 6.42 Å². The molecule has 0 amide bonds. The van der Waals surface area contributed by atoms with Gasteiger partial charge < -0.3 is 0 Å². The van der Waals surface area contributed by atoms with Crippen LogP contribution in [-0.4, -0.2) is 10.3 Å². The average molecular weight is 326 g/mol. The van der Waals surface area contributed by atoms with E-state index in [1.54, 1.807) is 0 Å². The van der Waals surface area contributed by atoms with Crippen LogP contribution < -0.4 is 5.30 Å². The molecule has 124 valence electrons. The zero-order chi connectivity index (χ0) is 17.3. The van der Waals surface area contributed by atoms with Crippen LogP contribution in [0.25, 0.3) is 11.1 Å². The van der Waals surface area contributed by atoms with Crippen LogP contribution in [0.3, 0.4) is 0 Å². The van der Waals surface area contributed by atoms with Gasteiger partial charge in [0, 0.05) is 0 Å². The van der Waals surface area contributed by atoms with Gasteiger partial charge >= 0.3 is 0 Å². The quantitative estimate of drug-likeness (QED) is 0.556. The molecule has 0 bridgehead atoms. The van der Waals surface area contributed by atoms with E-state index < -0.39 is 0 Å². The number of hydrogen-bond donors (Lipinski definition) is 0. The topological polar surface area (TPSA) is 0 Å². The third-order valence-electron chi connectivity index (χ3n) is 4.16. The predicted molar refractivity (Wildman–Crippen MR) is 107 cm³/mol. The lowest BCUT2D eigenvalue weighted by Gasteiger charge is -2.42. The van der Waals surface area contributed by atoms with Crippen molar-refractivity contribution in [3.8, 4) is 11.1 Å². The Hall–Kier alpha value is -1.13. The smallest absolute Gasteiger partial charge is 0.0107 e. The van der Waals surface area contributed by atoms with Crippen molar-refractivity contribution in [3.05, 3.63) is 54.1 Å². The molecule has 0 spiro atoms. The molecule has 0 saturated carbocycles. The van der Waals surface area contributed by atoms with Gasteiger partial charge in [-0.15, -0.1) is 0 Å². The summed E-state index contributed by atoms with van der Waals surface area (Å²) >= 11 is 0. The molecule has 0 unspecified atom stereocenters. The molecule has 0 heterocycles. The van der Waals surface area contributed by atoms with Gasteiger partial charge in [-0.1, -0.05) is 105 Å². The summed E-state index contributed by atoms with van der Waals surface area (Å²) < 4.78 is 0. The number of aryl methyl sites for hydroxylation is 1. The first-order valence-corrected chi connectivity index (χ1v) is 9.97. The van der Waals surface area contributed by atoms with Crippen LogP contribution in [0, 0.1) is 0 Å². The highest BCUT2D eigenvalue weighted by Crippen LogP contribution is 2.59. The fraction of sp³-hybridized carbons (Fsp3) is 0.455. The van der Waals surface area contributed by atoms with E-state index in [4.69, 9.17) is 0 Å². The molecule has 2 aromatic carbocycles. The molecule has 0 aliphatic carbocycles. The zero-order valence-corrected chi connectivity index (χ0v) is 16.7. The summed E-state index contributed by atoms with van der Waals surface area (Å²) in [6.07, 6.45) is 1.10. The molecule has 0 aliphatic rings. The minimum atomic E-state index is -0.294. The molecule has 2 rings (SSSR count). The summed E-state index contributed by atoms with van der Waals surface area (Å²) in [4.78, 5) is 0. The molecule has 0 saturated heterocycles. The third kappa shape index (κ3) is 4.24. The summed E-state index contributed by atoms with van der Waals surface area (Å²) in [6.45, 7) is 16.5. The molecular weight excluding hydrogens is 295 g/mol. The van der Waals surface area contributed by atoms with E-state index in [9.17, 15) is 0 Å². The first kappa shape index (κ1) is 18.2. The van der Waals surface area contributed by atoms with Gasteiger partial charge in [0.2, 0.25) is 0 Å². The Balaban J connectivity index is 2.59. The lowest BCUT2D eigenvalue weighted by atomic mass is 10.0. The third-order valence-corrected chi connectivity index (χ3v) is 7.71. The predicted octanol–water partition coefficient (Wildman–Crippen LogP) is 6.62. The Kier molecular flexibility index (Phi) is 5.37. The van der Waals surface area contributed by atoms with Crippen molar-refractivity contribution in [1.82, 2.24) is 0 Å². The first-order valence-electron chi connectivity index (χ1n) is 8.63. The second kappa shape index (κ2) is 6.78. The van der Waals surface area contributed by atoms with E-state index in [2.05, 4.69) is 97.0 Å². The molecule has 0 aliphatic heterocycles. The second-order valence-electron chi connectivity index (χ2n) is 8.24. The SMILES string of the molecule is CCc1ccc(-c2ccccc2P(C(C)(C)C)C(C)(C)C)cc1. The Morgan fingerprint density at radius 2 is 1.26 bits per heavy atom. The van der Waals surface area contributed by atoms with Gasteiger partial charge in [0.15, 0.2) is 0 Å². The first-order chi connectivity index (χ1) is 10.6. The Morgan fingerprint density at radius 1 is 0.739 bits per heavy atom. The van der Waals surface area contributed by atoms with Crippen LogP contribution >= 0.6 is 7.92 Å².